The van der Waals surface area contributed by atoms with E-state index in [4.69, 9.17) is 21.3 Å². The Morgan fingerprint density at radius 1 is 1.56 bits per heavy atom. The highest BCUT2D eigenvalue weighted by Crippen LogP contribution is 2.21. The molecule has 2 rings (SSSR count). The Labute approximate surface area is 104 Å². The summed E-state index contributed by atoms with van der Waals surface area (Å²) in [6, 6.07) is 3.71. The van der Waals surface area contributed by atoms with Crippen LogP contribution in [0.4, 0.5) is 5.69 Å². The van der Waals surface area contributed by atoms with Crippen LogP contribution in [0.25, 0.3) is 0 Å². The molecule has 0 amide bonds. The Hall–Kier alpha value is -2.17. The number of morpholine rings is 1. The van der Waals surface area contributed by atoms with Gasteiger partial charge in [0.15, 0.2) is 0 Å². The van der Waals surface area contributed by atoms with Crippen molar-refractivity contribution in [2.75, 3.05) is 31.2 Å². The third-order valence-electron chi connectivity index (χ3n) is 2.68. The molecule has 0 saturated carbocycles. The van der Waals surface area contributed by atoms with Crippen molar-refractivity contribution in [1.82, 2.24) is 4.98 Å². The minimum Gasteiger partial charge on any atom is -0.389 e. The van der Waals surface area contributed by atoms with Crippen LogP contribution in [0.1, 0.15) is 11.3 Å². The Morgan fingerprint density at radius 2 is 2.28 bits per heavy atom. The van der Waals surface area contributed by atoms with Gasteiger partial charge in [-0.3, -0.25) is 5.41 Å². The number of ether oxygens (including phenoxy) is 1. The minimum absolute atomic E-state index is 0.221. The van der Waals surface area contributed by atoms with Crippen molar-refractivity contribution in [3.05, 3.63) is 23.5 Å². The smallest absolute Gasteiger partial charge is 0.258 e. The monoisotopic (exact) mass is 247 g/mol. The summed E-state index contributed by atoms with van der Waals surface area (Å²) in [5, 5.41) is 16.5. The van der Waals surface area contributed by atoms with Crippen molar-refractivity contribution >= 4 is 11.6 Å². The van der Waals surface area contributed by atoms with E-state index in [-0.39, 0.29) is 5.90 Å². The molecule has 0 aliphatic carbocycles. The first-order valence-corrected chi connectivity index (χ1v) is 5.44. The number of pyridine rings is 1. The zero-order chi connectivity index (χ0) is 13.0. The zero-order valence-electron chi connectivity index (χ0n) is 9.72. The number of hydrogen-bond donors (Lipinski definition) is 2. The van der Waals surface area contributed by atoms with Gasteiger partial charge in [-0.1, -0.05) is 0 Å². The Kier molecular flexibility index (Phi) is 3.72. The molecule has 0 bridgehead atoms. The van der Waals surface area contributed by atoms with E-state index < -0.39 is 0 Å². The molecule has 0 radical (unpaired) electrons. The highest BCUT2D eigenvalue weighted by Gasteiger charge is 2.19. The van der Waals surface area contributed by atoms with Gasteiger partial charge in [-0.05, 0) is 6.07 Å². The number of anilines is 1. The first-order valence-electron chi connectivity index (χ1n) is 5.44. The van der Waals surface area contributed by atoms with E-state index >= 15 is 0 Å². The summed E-state index contributed by atoms with van der Waals surface area (Å²) in [6.45, 7) is 2.57. The number of nitrogens with one attached hydrogen (secondary N) is 1. The fourth-order valence-corrected chi connectivity index (χ4v) is 1.79. The average Bonchev–Trinajstić information content (AvgIpc) is 2.46. The zero-order valence-corrected chi connectivity index (χ0v) is 9.72. The summed E-state index contributed by atoms with van der Waals surface area (Å²) in [7, 11) is 0. The molecule has 18 heavy (non-hydrogen) atoms. The van der Waals surface area contributed by atoms with E-state index in [9.17, 15) is 0 Å². The van der Waals surface area contributed by atoms with Crippen LogP contribution >= 0.6 is 0 Å². The van der Waals surface area contributed by atoms with Crippen molar-refractivity contribution in [3.63, 3.8) is 0 Å². The van der Waals surface area contributed by atoms with Crippen LogP contribution in [-0.4, -0.2) is 37.2 Å². The molecule has 1 aliphatic rings. The van der Waals surface area contributed by atoms with E-state index in [0.29, 0.717) is 43.2 Å². The van der Waals surface area contributed by atoms with Gasteiger partial charge < -0.3 is 14.5 Å². The van der Waals surface area contributed by atoms with Crippen molar-refractivity contribution in [2.24, 2.45) is 5.90 Å². The van der Waals surface area contributed by atoms with Crippen molar-refractivity contribution < 1.29 is 9.57 Å². The van der Waals surface area contributed by atoms with Gasteiger partial charge in [0.05, 0.1) is 24.5 Å². The summed E-state index contributed by atoms with van der Waals surface area (Å²) in [6.07, 6.45) is 1.40. The van der Waals surface area contributed by atoms with Crippen LogP contribution in [0.3, 0.4) is 0 Å². The lowest BCUT2D eigenvalue weighted by Gasteiger charge is -2.29. The van der Waals surface area contributed by atoms with Gasteiger partial charge >= 0.3 is 0 Å². The number of nitriles is 1. The van der Waals surface area contributed by atoms with Gasteiger partial charge in [-0.25, -0.2) is 4.98 Å². The summed E-state index contributed by atoms with van der Waals surface area (Å²) in [5.41, 5.74) is 1.44. The lowest BCUT2D eigenvalue weighted by atomic mass is 10.2. The molecule has 0 aromatic carbocycles. The second-order valence-electron chi connectivity index (χ2n) is 3.75. The van der Waals surface area contributed by atoms with E-state index in [2.05, 4.69) is 9.82 Å². The molecule has 0 atom stereocenters. The van der Waals surface area contributed by atoms with Gasteiger partial charge in [0.2, 0.25) is 0 Å². The summed E-state index contributed by atoms with van der Waals surface area (Å²) in [4.78, 5) is 10.5. The molecule has 0 spiro atoms. The molecule has 3 N–H and O–H groups in total. The minimum atomic E-state index is -0.221. The molecule has 94 valence electrons. The maximum atomic E-state index is 8.90. The molecule has 7 heteroatoms. The first kappa shape index (κ1) is 12.3. The highest BCUT2D eigenvalue weighted by atomic mass is 16.6. The quantitative estimate of drug-likeness (QED) is 0.433. The summed E-state index contributed by atoms with van der Waals surface area (Å²) >= 11 is 0. The standard InChI is InChI=1S/C11H13N5O2/c12-6-8-5-9(16-1-3-17-4-2-16)10(15-7-8)11(13)18-14/h5,7,13H,1-4,14H2. The fourth-order valence-electron chi connectivity index (χ4n) is 1.79. The molecule has 1 aromatic rings. The van der Waals surface area contributed by atoms with Gasteiger partial charge in [-0.2, -0.15) is 11.2 Å². The van der Waals surface area contributed by atoms with Crippen LogP contribution in [0.5, 0.6) is 0 Å². The molecule has 7 nitrogen and oxygen atoms in total. The van der Waals surface area contributed by atoms with Crippen LogP contribution in [-0.2, 0) is 9.57 Å². The molecular formula is C11H13N5O2. The molecule has 0 unspecified atom stereocenters. The summed E-state index contributed by atoms with van der Waals surface area (Å²) in [5.74, 6) is 4.78. The van der Waals surface area contributed by atoms with E-state index in [1.165, 1.54) is 6.20 Å². The fraction of sp³-hybridized carbons (Fsp3) is 0.364. The second-order valence-corrected chi connectivity index (χ2v) is 3.75. The van der Waals surface area contributed by atoms with Crippen LogP contribution < -0.4 is 10.8 Å². The molecule has 1 aliphatic heterocycles. The third kappa shape index (κ3) is 2.40. The first-order chi connectivity index (χ1) is 8.76. The Morgan fingerprint density at radius 3 is 2.89 bits per heavy atom. The van der Waals surface area contributed by atoms with Crippen molar-refractivity contribution in [3.8, 4) is 6.07 Å². The summed E-state index contributed by atoms with van der Waals surface area (Å²) < 4.78 is 5.27. The van der Waals surface area contributed by atoms with Crippen molar-refractivity contribution in [1.29, 1.82) is 10.7 Å². The van der Waals surface area contributed by atoms with Gasteiger partial charge in [0.1, 0.15) is 11.8 Å². The average molecular weight is 247 g/mol. The Balaban J connectivity index is 2.40. The van der Waals surface area contributed by atoms with Crippen LogP contribution in [0.15, 0.2) is 12.3 Å². The lowest BCUT2D eigenvalue weighted by Crippen LogP contribution is -2.37. The predicted molar refractivity (Wildman–Crippen MR) is 64.1 cm³/mol. The number of rotatable bonds is 2. The van der Waals surface area contributed by atoms with Gasteiger partial charge in [0.25, 0.3) is 5.90 Å². The van der Waals surface area contributed by atoms with Gasteiger partial charge in [-0.15, -0.1) is 0 Å². The largest absolute Gasteiger partial charge is 0.389 e. The number of nitrogens with two attached hydrogens (primary N) is 1. The number of aromatic nitrogens is 1. The highest BCUT2D eigenvalue weighted by molar-refractivity contribution is 5.95. The third-order valence-corrected chi connectivity index (χ3v) is 2.68. The maximum absolute atomic E-state index is 8.90. The SMILES string of the molecule is N#Cc1cnc(C(=N)ON)c(N2CCOCC2)c1. The van der Waals surface area contributed by atoms with Crippen molar-refractivity contribution in [2.45, 2.75) is 0 Å². The second kappa shape index (κ2) is 5.44. The van der Waals surface area contributed by atoms with Crippen LogP contribution in [0, 0.1) is 16.7 Å². The van der Waals surface area contributed by atoms with Crippen LogP contribution in [0.2, 0.25) is 0 Å². The molecule has 1 aromatic heterocycles. The predicted octanol–water partition coefficient (Wildman–Crippen LogP) is 0.00555. The van der Waals surface area contributed by atoms with E-state index in [1.54, 1.807) is 6.07 Å². The maximum Gasteiger partial charge on any atom is 0.258 e. The van der Waals surface area contributed by atoms with Gasteiger partial charge in [0, 0.05) is 19.3 Å². The number of hydrogen-bond acceptors (Lipinski definition) is 7. The Bertz CT molecular complexity index is 491. The molecule has 1 saturated heterocycles. The van der Waals surface area contributed by atoms with E-state index in [0.717, 1.165) is 0 Å². The number of nitrogens with zero attached hydrogens (tertiary/aromatic N) is 3. The van der Waals surface area contributed by atoms with E-state index in [1.807, 2.05) is 11.0 Å². The lowest BCUT2D eigenvalue weighted by molar-refractivity contribution is 0.122. The molecular weight excluding hydrogens is 234 g/mol. The molecule has 1 fully saturated rings. The normalized spacial score (nSPS) is 15.0. The topological polar surface area (TPSA) is 108 Å². The molecule has 2 heterocycles.